The van der Waals surface area contributed by atoms with Crippen LogP contribution < -0.4 is 5.56 Å². The van der Waals surface area contributed by atoms with Crippen LogP contribution >= 0.6 is 0 Å². The number of pyridine rings is 2. The number of rotatable bonds is 1. The topological polar surface area (TPSA) is 72.2 Å². The predicted molar refractivity (Wildman–Crippen MR) is 58.7 cm³/mol. The van der Waals surface area contributed by atoms with Gasteiger partial charge in [0, 0.05) is 18.6 Å². The SMILES string of the molecule is CC(=O)c1c(O)c2ccncc2n(C)c1=O. The zero-order valence-corrected chi connectivity index (χ0v) is 8.89. The first-order valence-corrected chi connectivity index (χ1v) is 4.70. The minimum absolute atomic E-state index is 0.179. The van der Waals surface area contributed by atoms with E-state index in [2.05, 4.69) is 4.98 Å². The molecule has 2 aromatic heterocycles. The first-order chi connectivity index (χ1) is 7.54. The van der Waals surface area contributed by atoms with E-state index in [1.54, 1.807) is 6.07 Å². The van der Waals surface area contributed by atoms with Crippen molar-refractivity contribution in [1.82, 2.24) is 9.55 Å². The Morgan fingerprint density at radius 3 is 2.81 bits per heavy atom. The summed E-state index contributed by atoms with van der Waals surface area (Å²) in [4.78, 5) is 27.0. The lowest BCUT2D eigenvalue weighted by atomic mass is 10.1. The van der Waals surface area contributed by atoms with E-state index in [-0.39, 0.29) is 11.3 Å². The van der Waals surface area contributed by atoms with Crippen LogP contribution in [0.15, 0.2) is 23.3 Å². The molecule has 0 aromatic carbocycles. The molecule has 0 atom stereocenters. The molecule has 2 heterocycles. The van der Waals surface area contributed by atoms with Gasteiger partial charge in [0.25, 0.3) is 5.56 Å². The van der Waals surface area contributed by atoms with Gasteiger partial charge in [-0.15, -0.1) is 0 Å². The quantitative estimate of drug-likeness (QED) is 0.720. The van der Waals surface area contributed by atoms with Crippen molar-refractivity contribution in [3.63, 3.8) is 0 Å². The molecule has 0 aliphatic heterocycles. The molecule has 0 spiro atoms. The van der Waals surface area contributed by atoms with Crippen molar-refractivity contribution in [2.75, 3.05) is 0 Å². The summed E-state index contributed by atoms with van der Waals surface area (Å²) in [6.45, 7) is 1.25. The van der Waals surface area contributed by atoms with Crippen molar-refractivity contribution >= 4 is 16.7 Å². The van der Waals surface area contributed by atoms with Gasteiger partial charge in [0.1, 0.15) is 11.3 Å². The number of aromatic nitrogens is 2. The van der Waals surface area contributed by atoms with Crippen molar-refractivity contribution in [2.45, 2.75) is 6.92 Å². The van der Waals surface area contributed by atoms with Crippen molar-refractivity contribution < 1.29 is 9.90 Å². The number of hydrogen-bond donors (Lipinski definition) is 1. The maximum Gasteiger partial charge on any atom is 0.265 e. The second kappa shape index (κ2) is 3.44. The number of fused-ring (bicyclic) bond motifs is 1. The standard InChI is InChI=1S/C11H10N2O3/c1-6(14)9-10(15)7-3-4-12-5-8(7)13(2)11(9)16/h3-5,15H,1-2H3. The highest BCUT2D eigenvalue weighted by molar-refractivity contribution is 6.01. The highest BCUT2D eigenvalue weighted by Gasteiger charge is 2.17. The molecule has 2 aromatic rings. The minimum atomic E-state index is -0.509. The number of ketones is 1. The summed E-state index contributed by atoms with van der Waals surface area (Å²) in [6.07, 6.45) is 2.97. The lowest BCUT2D eigenvalue weighted by Gasteiger charge is -2.08. The molecule has 5 heteroatoms. The molecule has 16 heavy (non-hydrogen) atoms. The summed E-state index contributed by atoms with van der Waals surface area (Å²) >= 11 is 0. The number of carbonyl (C=O) groups excluding carboxylic acids is 1. The molecule has 0 aliphatic rings. The maximum atomic E-state index is 11.8. The largest absolute Gasteiger partial charge is 0.506 e. The first kappa shape index (κ1) is 10.4. The number of carbonyl (C=O) groups is 1. The summed E-state index contributed by atoms with van der Waals surface area (Å²) < 4.78 is 1.30. The summed E-state index contributed by atoms with van der Waals surface area (Å²) in [5.74, 6) is -0.718. The van der Waals surface area contributed by atoms with Crippen molar-refractivity contribution in [3.8, 4) is 5.75 Å². The van der Waals surface area contributed by atoms with Crippen LogP contribution in [0.3, 0.4) is 0 Å². The monoisotopic (exact) mass is 218 g/mol. The van der Waals surface area contributed by atoms with Gasteiger partial charge in [-0.25, -0.2) is 0 Å². The molecule has 82 valence electrons. The molecule has 5 nitrogen and oxygen atoms in total. The fraction of sp³-hybridized carbons (Fsp3) is 0.182. The number of Topliss-reactive ketones (excluding diaryl/α,β-unsaturated/α-hetero) is 1. The van der Waals surface area contributed by atoms with Gasteiger partial charge in [-0.2, -0.15) is 0 Å². The van der Waals surface area contributed by atoms with E-state index in [0.29, 0.717) is 10.9 Å². The average Bonchev–Trinajstić information content (AvgIpc) is 2.26. The summed E-state index contributed by atoms with van der Waals surface area (Å²) in [5, 5.41) is 10.3. The van der Waals surface area contributed by atoms with Crippen LogP contribution in [-0.2, 0) is 7.05 Å². The number of nitrogens with zero attached hydrogens (tertiary/aromatic N) is 2. The van der Waals surface area contributed by atoms with Gasteiger partial charge in [-0.3, -0.25) is 14.6 Å². The highest BCUT2D eigenvalue weighted by atomic mass is 16.3. The molecular formula is C11H10N2O3. The number of aryl methyl sites for hydroxylation is 1. The number of aromatic hydroxyl groups is 1. The van der Waals surface area contributed by atoms with Crippen molar-refractivity contribution in [3.05, 3.63) is 34.4 Å². The Bertz CT molecular complexity index is 643. The molecule has 2 rings (SSSR count). The molecule has 0 saturated heterocycles. The normalized spacial score (nSPS) is 10.6. The average molecular weight is 218 g/mol. The van der Waals surface area contributed by atoms with Gasteiger partial charge in [-0.05, 0) is 13.0 Å². The van der Waals surface area contributed by atoms with E-state index in [9.17, 15) is 14.7 Å². The predicted octanol–water partition coefficient (Wildman–Crippen LogP) is 0.842. The second-order valence-electron chi connectivity index (χ2n) is 3.54. The van der Waals surface area contributed by atoms with Gasteiger partial charge in [0.15, 0.2) is 5.78 Å². The minimum Gasteiger partial charge on any atom is -0.506 e. The van der Waals surface area contributed by atoms with E-state index < -0.39 is 11.3 Å². The summed E-state index contributed by atoms with van der Waals surface area (Å²) in [6, 6.07) is 1.57. The summed E-state index contributed by atoms with van der Waals surface area (Å²) in [5.41, 5.74) is -0.193. The highest BCUT2D eigenvalue weighted by Crippen LogP contribution is 2.24. The van der Waals surface area contributed by atoms with Gasteiger partial charge in [0.2, 0.25) is 0 Å². The molecular weight excluding hydrogens is 208 g/mol. The molecule has 0 bridgehead atoms. The van der Waals surface area contributed by atoms with E-state index in [4.69, 9.17) is 0 Å². The Morgan fingerprint density at radius 2 is 2.19 bits per heavy atom. The van der Waals surface area contributed by atoms with E-state index in [1.165, 1.54) is 30.9 Å². The molecule has 0 unspecified atom stereocenters. The maximum absolute atomic E-state index is 11.8. The molecule has 0 aliphatic carbocycles. The van der Waals surface area contributed by atoms with Crippen LogP contribution in [0.4, 0.5) is 0 Å². The smallest absolute Gasteiger partial charge is 0.265 e. The Morgan fingerprint density at radius 1 is 1.50 bits per heavy atom. The van der Waals surface area contributed by atoms with Crippen LogP contribution in [0.1, 0.15) is 17.3 Å². The van der Waals surface area contributed by atoms with Crippen molar-refractivity contribution in [2.24, 2.45) is 7.05 Å². The van der Waals surface area contributed by atoms with Crippen LogP contribution in [0.25, 0.3) is 10.9 Å². The van der Waals surface area contributed by atoms with Crippen LogP contribution in [0.5, 0.6) is 5.75 Å². The van der Waals surface area contributed by atoms with Crippen LogP contribution in [-0.4, -0.2) is 20.4 Å². The Labute approximate surface area is 91.0 Å². The number of hydrogen-bond acceptors (Lipinski definition) is 4. The zero-order chi connectivity index (χ0) is 11.9. The fourth-order valence-corrected chi connectivity index (χ4v) is 1.68. The molecule has 1 N–H and O–H groups in total. The van der Waals surface area contributed by atoms with Crippen LogP contribution in [0, 0.1) is 0 Å². The third kappa shape index (κ3) is 1.29. The van der Waals surface area contributed by atoms with Crippen LogP contribution in [0.2, 0.25) is 0 Å². The Balaban J connectivity index is 3.07. The Hall–Kier alpha value is -2.17. The Kier molecular flexibility index (Phi) is 2.23. The molecule has 0 saturated carbocycles. The van der Waals surface area contributed by atoms with E-state index in [1.807, 2.05) is 0 Å². The third-order valence-corrected chi connectivity index (χ3v) is 2.52. The molecule has 0 amide bonds. The van der Waals surface area contributed by atoms with Crippen molar-refractivity contribution in [1.29, 1.82) is 0 Å². The van der Waals surface area contributed by atoms with Gasteiger partial charge in [-0.1, -0.05) is 0 Å². The van der Waals surface area contributed by atoms with Gasteiger partial charge in [0.05, 0.1) is 11.7 Å². The van der Waals surface area contributed by atoms with E-state index in [0.717, 1.165) is 0 Å². The van der Waals surface area contributed by atoms with Gasteiger partial charge >= 0.3 is 0 Å². The third-order valence-electron chi connectivity index (χ3n) is 2.52. The lowest BCUT2D eigenvalue weighted by Crippen LogP contribution is -2.23. The molecule has 0 radical (unpaired) electrons. The molecule has 0 fully saturated rings. The fourth-order valence-electron chi connectivity index (χ4n) is 1.68. The lowest BCUT2D eigenvalue weighted by molar-refractivity contribution is 0.101. The first-order valence-electron chi connectivity index (χ1n) is 4.70. The van der Waals surface area contributed by atoms with E-state index >= 15 is 0 Å². The second-order valence-corrected chi connectivity index (χ2v) is 3.54. The zero-order valence-electron chi connectivity index (χ0n) is 8.89. The van der Waals surface area contributed by atoms with Gasteiger partial charge < -0.3 is 9.67 Å². The summed E-state index contributed by atoms with van der Waals surface area (Å²) in [7, 11) is 1.54.